The molecular formula is C21H28Cl4F4O3Zr. The number of hydrogen-bond acceptors (Lipinski definition) is 3. The molecule has 0 heterocycles. The van der Waals surface area contributed by atoms with Crippen LogP contribution < -0.4 is 0 Å². The van der Waals surface area contributed by atoms with Crippen molar-refractivity contribution in [2.75, 3.05) is 7.11 Å². The molecule has 2 aromatic carbocycles. The average Bonchev–Trinajstić information content (AvgIpc) is 2.49. The SMILES string of the molecule is CC(C)(C)c1c(F)cc(O)cc1F.COC(C)(C)C.Oc1cc(F)cc(F)c1.[Cl][Zr]([Cl])([Cl])[Cl]. The predicted octanol–water partition coefficient (Wildman–Crippen LogP) is 8.83. The van der Waals surface area contributed by atoms with E-state index in [4.69, 9.17) is 49.0 Å². The summed E-state index contributed by atoms with van der Waals surface area (Å²) in [5, 5.41) is 17.4. The monoisotopic (exact) mass is 634 g/mol. The Kier molecular flexibility index (Phi) is 15.9. The Morgan fingerprint density at radius 1 is 0.697 bits per heavy atom. The van der Waals surface area contributed by atoms with E-state index in [2.05, 4.69) is 0 Å². The average molecular weight is 637 g/mol. The molecule has 0 aliphatic rings. The molecule has 12 heteroatoms. The van der Waals surface area contributed by atoms with Gasteiger partial charge in [0.1, 0.15) is 34.8 Å². The molecule has 0 saturated heterocycles. The molecule has 0 fully saturated rings. The second-order valence-corrected chi connectivity index (χ2v) is 30.8. The van der Waals surface area contributed by atoms with Crippen molar-refractivity contribution in [2.24, 2.45) is 0 Å². The fourth-order valence-electron chi connectivity index (χ4n) is 1.82. The molecule has 0 unspecified atom stereocenters. The number of ether oxygens (including phenoxy) is 1. The molecule has 2 rings (SSSR count). The molecule has 0 atom stereocenters. The van der Waals surface area contributed by atoms with Crippen molar-refractivity contribution >= 4 is 34.1 Å². The van der Waals surface area contributed by atoms with Crippen molar-refractivity contribution in [3.05, 3.63) is 59.2 Å². The minimum absolute atomic E-state index is 0.00491. The van der Waals surface area contributed by atoms with Crippen LogP contribution >= 0.6 is 34.1 Å². The van der Waals surface area contributed by atoms with Gasteiger partial charge in [-0.05, 0) is 26.2 Å². The molecule has 2 aromatic rings. The van der Waals surface area contributed by atoms with Gasteiger partial charge in [-0.15, -0.1) is 0 Å². The third-order valence-corrected chi connectivity index (χ3v) is 3.24. The van der Waals surface area contributed by atoms with Crippen LogP contribution in [0, 0.1) is 23.3 Å². The Morgan fingerprint density at radius 2 is 0.970 bits per heavy atom. The van der Waals surface area contributed by atoms with E-state index in [-0.39, 0.29) is 16.9 Å². The van der Waals surface area contributed by atoms with Crippen LogP contribution in [0.5, 0.6) is 11.5 Å². The fourth-order valence-corrected chi connectivity index (χ4v) is 1.82. The molecule has 0 saturated carbocycles. The fraction of sp³-hybridized carbons (Fsp3) is 0.429. The second kappa shape index (κ2) is 15.0. The number of halogens is 8. The maximum absolute atomic E-state index is 13.2. The summed E-state index contributed by atoms with van der Waals surface area (Å²) >= 11 is -3.29. The van der Waals surface area contributed by atoms with E-state index in [9.17, 15) is 17.6 Å². The van der Waals surface area contributed by atoms with Crippen LogP contribution in [-0.2, 0) is 25.6 Å². The first kappa shape index (κ1) is 34.9. The van der Waals surface area contributed by atoms with Crippen molar-refractivity contribution in [3.63, 3.8) is 0 Å². The van der Waals surface area contributed by atoms with Crippen molar-refractivity contribution in [3.8, 4) is 11.5 Å². The quantitative estimate of drug-likeness (QED) is 0.284. The molecule has 0 spiro atoms. The van der Waals surface area contributed by atoms with E-state index in [1.165, 1.54) is 0 Å². The number of benzene rings is 2. The molecule has 0 aliphatic carbocycles. The molecule has 2 N–H and O–H groups in total. The Hall–Kier alpha value is -0.237. The van der Waals surface area contributed by atoms with Crippen molar-refractivity contribution in [1.82, 2.24) is 0 Å². The van der Waals surface area contributed by atoms with Crippen LogP contribution in [0.2, 0.25) is 0 Å². The molecular weight excluding hydrogens is 609 g/mol. The third-order valence-electron chi connectivity index (χ3n) is 3.24. The minimum atomic E-state index is -3.29. The van der Waals surface area contributed by atoms with E-state index in [1.807, 2.05) is 20.8 Å². The van der Waals surface area contributed by atoms with Gasteiger partial charge in [0.2, 0.25) is 0 Å². The summed E-state index contributed by atoms with van der Waals surface area (Å²) in [5.41, 5.74) is -0.549. The number of rotatable bonds is 0. The summed E-state index contributed by atoms with van der Waals surface area (Å²) in [6.07, 6.45) is 0. The van der Waals surface area contributed by atoms with Gasteiger partial charge in [0.05, 0.1) is 5.60 Å². The van der Waals surface area contributed by atoms with Crippen LogP contribution in [0.4, 0.5) is 17.6 Å². The summed E-state index contributed by atoms with van der Waals surface area (Å²) < 4.78 is 55.4. The Morgan fingerprint density at radius 3 is 1.18 bits per heavy atom. The van der Waals surface area contributed by atoms with E-state index in [0.29, 0.717) is 6.07 Å². The molecule has 0 bridgehead atoms. The summed E-state index contributed by atoms with van der Waals surface area (Å²) in [5.74, 6) is -3.73. The van der Waals surface area contributed by atoms with Crippen LogP contribution in [-0.4, -0.2) is 22.9 Å². The van der Waals surface area contributed by atoms with Crippen LogP contribution in [0.25, 0.3) is 0 Å². The zero-order chi connectivity index (χ0) is 26.8. The van der Waals surface area contributed by atoms with E-state index >= 15 is 0 Å². The van der Waals surface area contributed by atoms with Gasteiger partial charge >= 0.3 is 49.5 Å². The molecule has 0 aliphatic heterocycles. The van der Waals surface area contributed by atoms with Crippen molar-refractivity contribution < 1.29 is 48.0 Å². The maximum atomic E-state index is 13.2. The number of phenolic OH excluding ortho intramolecular Hbond substituents is 2. The number of hydrogen-bond donors (Lipinski definition) is 2. The van der Waals surface area contributed by atoms with E-state index < -0.39 is 49.9 Å². The molecule has 3 nitrogen and oxygen atoms in total. The first-order valence-corrected chi connectivity index (χ1v) is 21.9. The summed E-state index contributed by atoms with van der Waals surface area (Å²) in [7, 11) is 21.9. The molecule has 0 aromatic heterocycles. The second-order valence-electron chi connectivity index (χ2n) is 8.41. The van der Waals surface area contributed by atoms with Gasteiger partial charge < -0.3 is 14.9 Å². The number of phenols is 2. The van der Waals surface area contributed by atoms with Crippen molar-refractivity contribution in [2.45, 2.75) is 52.6 Å². The third kappa shape index (κ3) is 20.8. The van der Waals surface area contributed by atoms with Crippen molar-refractivity contribution in [1.29, 1.82) is 0 Å². The summed E-state index contributed by atoms with van der Waals surface area (Å²) in [6, 6.07) is 4.21. The molecule has 0 radical (unpaired) electrons. The van der Waals surface area contributed by atoms with E-state index in [1.54, 1.807) is 27.9 Å². The first-order chi connectivity index (χ1) is 14.6. The van der Waals surface area contributed by atoms with Crippen LogP contribution in [0.3, 0.4) is 0 Å². The topological polar surface area (TPSA) is 49.7 Å². The van der Waals surface area contributed by atoms with Gasteiger partial charge in [-0.2, -0.15) is 0 Å². The molecule has 0 amide bonds. The zero-order valence-corrected chi connectivity index (χ0v) is 24.7. The summed E-state index contributed by atoms with van der Waals surface area (Å²) in [4.78, 5) is 0. The van der Waals surface area contributed by atoms with Gasteiger partial charge in [0.25, 0.3) is 0 Å². The van der Waals surface area contributed by atoms with Gasteiger partial charge in [-0.3, -0.25) is 0 Å². The van der Waals surface area contributed by atoms with Gasteiger partial charge in [-0.25, -0.2) is 17.6 Å². The van der Waals surface area contributed by atoms with Gasteiger partial charge in [0.15, 0.2) is 0 Å². The first-order valence-electron chi connectivity index (χ1n) is 9.21. The number of aromatic hydroxyl groups is 2. The van der Waals surface area contributed by atoms with E-state index in [0.717, 1.165) is 24.3 Å². The van der Waals surface area contributed by atoms with Gasteiger partial charge in [-0.1, -0.05) is 20.8 Å². The molecule has 33 heavy (non-hydrogen) atoms. The normalized spacial score (nSPS) is 11.2. The number of methoxy groups -OCH3 is 1. The Bertz CT molecular complexity index is 789. The summed E-state index contributed by atoms with van der Waals surface area (Å²) in [6.45, 7) is 11.2. The standard InChI is InChI=1S/C10H12F2O.C6H4F2O.C5H12O.4ClH.Zr/c1-10(2,3)9-7(11)4-6(13)5-8(9)12;7-4-1-5(8)3-6(9)2-4;1-5(2,3)6-4;;;;;/h4-5,13H,1-3H3;1-3,9H;1-4H3;4*1H;/q;;;;;;;+4/p-4. The van der Waals surface area contributed by atoms with Gasteiger partial charge in [0, 0.05) is 43.0 Å². The van der Waals surface area contributed by atoms with Crippen LogP contribution in [0.15, 0.2) is 30.3 Å². The molecule has 190 valence electrons. The zero-order valence-electron chi connectivity index (χ0n) is 19.2. The Labute approximate surface area is 211 Å². The van der Waals surface area contributed by atoms with Crippen LogP contribution in [0.1, 0.15) is 47.1 Å². The predicted molar refractivity (Wildman–Crippen MR) is 125 cm³/mol. The Balaban J connectivity index is 0.